The van der Waals surface area contributed by atoms with E-state index in [4.69, 9.17) is 9.47 Å². The predicted molar refractivity (Wildman–Crippen MR) is 130 cm³/mol. The molecule has 2 heterocycles. The van der Waals surface area contributed by atoms with Crippen LogP contribution in [0.15, 0.2) is 47.5 Å². The molecular formula is C25H23N3O7S. The molecule has 1 fully saturated rings. The summed E-state index contributed by atoms with van der Waals surface area (Å²) in [6, 6.07) is 11.0. The van der Waals surface area contributed by atoms with Crippen molar-refractivity contribution in [2.75, 3.05) is 18.1 Å². The highest BCUT2D eigenvalue weighted by molar-refractivity contribution is 7.16. The lowest BCUT2D eigenvalue weighted by Gasteiger charge is -2.14. The number of rotatable bonds is 7. The minimum atomic E-state index is -0.620. The van der Waals surface area contributed by atoms with Crippen LogP contribution in [-0.2, 0) is 30.4 Å². The summed E-state index contributed by atoms with van der Waals surface area (Å²) in [5, 5.41) is 0. The zero-order chi connectivity index (χ0) is 25.8. The van der Waals surface area contributed by atoms with Crippen LogP contribution in [0, 0.1) is 0 Å². The Morgan fingerprint density at radius 3 is 2.36 bits per heavy atom. The van der Waals surface area contributed by atoms with Gasteiger partial charge in [-0.2, -0.15) is 4.99 Å². The van der Waals surface area contributed by atoms with Gasteiger partial charge in [-0.25, -0.2) is 4.79 Å². The highest BCUT2D eigenvalue weighted by atomic mass is 32.1. The van der Waals surface area contributed by atoms with Gasteiger partial charge in [0.15, 0.2) is 4.80 Å². The Labute approximate surface area is 209 Å². The smallest absolute Gasteiger partial charge is 0.338 e. The number of carbonyl (C=O) groups is 5. The number of benzene rings is 2. The van der Waals surface area contributed by atoms with E-state index in [1.165, 1.54) is 12.1 Å². The summed E-state index contributed by atoms with van der Waals surface area (Å²) in [5.74, 6) is -2.26. The maximum absolute atomic E-state index is 13.1. The molecule has 3 amide bonds. The van der Waals surface area contributed by atoms with E-state index in [-0.39, 0.29) is 54.8 Å². The molecule has 11 heteroatoms. The topological polar surface area (TPSA) is 124 Å². The standard InChI is InChI=1S/C25H23N3O7S/c1-3-34-22(31)14-27-18-9-8-16(24(33)35-4-2)13-19(18)36-25(27)26-23(32)15-6-5-7-17(12-15)28-20(29)10-11-21(28)30/h5-9,12-13H,3-4,10-11,14H2,1-2H3. The average molecular weight is 510 g/mol. The maximum Gasteiger partial charge on any atom is 0.338 e. The normalized spacial score (nSPS) is 13.9. The van der Waals surface area contributed by atoms with Gasteiger partial charge < -0.3 is 14.0 Å². The van der Waals surface area contributed by atoms with Gasteiger partial charge >= 0.3 is 11.9 Å². The number of esters is 2. The molecule has 0 radical (unpaired) electrons. The lowest BCUT2D eigenvalue weighted by Crippen LogP contribution is -2.28. The quantitative estimate of drug-likeness (QED) is 0.354. The molecule has 1 aliphatic rings. The Morgan fingerprint density at radius 2 is 1.67 bits per heavy atom. The number of aromatic nitrogens is 1. The van der Waals surface area contributed by atoms with Gasteiger partial charge in [0.25, 0.3) is 5.91 Å². The molecule has 0 N–H and O–H groups in total. The molecule has 186 valence electrons. The van der Waals surface area contributed by atoms with Crippen molar-refractivity contribution in [1.82, 2.24) is 4.57 Å². The molecular weight excluding hydrogens is 486 g/mol. The number of imide groups is 1. The molecule has 36 heavy (non-hydrogen) atoms. The van der Waals surface area contributed by atoms with Crippen LogP contribution in [0.5, 0.6) is 0 Å². The first-order chi connectivity index (χ1) is 17.3. The van der Waals surface area contributed by atoms with Crippen LogP contribution >= 0.6 is 11.3 Å². The molecule has 10 nitrogen and oxygen atoms in total. The lowest BCUT2D eigenvalue weighted by atomic mass is 10.2. The second-order valence-corrected chi connectivity index (χ2v) is 8.78. The number of carbonyl (C=O) groups excluding carboxylic acids is 5. The fourth-order valence-electron chi connectivity index (χ4n) is 3.78. The summed E-state index contributed by atoms with van der Waals surface area (Å²) in [4.78, 5) is 67.2. The number of fused-ring (bicyclic) bond motifs is 1. The fraction of sp³-hybridized carbons (Fsp3) is 0.280. The first kappa shape index (κ1) is 25.0. The molecule has 0 spiro atoms. The van der Waals surface area contributed by atoms with E-state index in [0.717, 1.165) is 16.2 Å². The van der Waals surface area contributed by atoms with Crippen LogP contribution in [0.25, 0.3) is 10.2 Å². The van der Waals surface area contributed by atoms with Gasteiger partial charge in [-0.05, 0) is 50.2 Å². The Bertz CT molecular complexity index is 1440. The van der Waals surface area contributed by atoms with E-state index in [1.54, 1.807) is 48.7 Å². The van der Waals surface area contributed by atoms with Crippen molar-refractivity contribution in [2.24, 2.45) is 4.99 Å². The number of ether oxygens (including phenoxy) is 2. The van der Waals surface area contributed by atoms with E-state index >= 15 is 0 Å². The lowest BCUT2D eigenvalue weighted by molar-refractivity contribution is -0.143. The Hall–Kier alpha value is -4.12. The van der Waals surface area contributed by atoms with Crippen molar-refractivity contribution < 1.29 is 33.4 Å². The van der Waals surface area contributed by atoms with Crippen LogP contribution in [0.1, 0.15) is 47.4 Å². The first-order valence-corrected chi connectivity index (χ1v) is 12.1. The Balaban J connectivity index is 1.76. The van der Waals surface area contributed by atoms with Crippen LogP contribution < -0.4 is 9.70 Å². The van der Waals surface area contributed by atoms with E-state index in [1.807, 2.05) is 0 Å². The molecule has 1 aliphatic heterocycles. The third kappa shape index (κ3) is 5.10. The third-order valence-corrected chi connectivity index (χ3v) is 6.43. The zero-order valence-corrected chi connectivity index (χ0v) is 20.5. The molecule has 3 aromatic rings. The van der Waals surface area contributed by atoms with Crippen molar-refractivity contribution in [3.8, 4) is 0 Å². The summed E-state index contributed by atoms with van der Waals surface area (Å²) in [6.45, 7) is 3.64. The Kier molecular flexibility index (Phi) is 7.39. The molecule has 2 aromatic carbocycles. The number of nitrogens with zero attached hydrogens (tertiary/aromatic N) is 3. The number of amides is 3. The van der Waals surface area contributed by atoms with Crippen molar-refractivity contribution >= 4 is 56.9 Å². The van der Waals surface area contributed by atoms with Crippen LogP contribution in [0.2, 0.25) is 0 Å². The van der Waals surface area contributed by atoms with Crippen molar-refractivity contribution in [3.05, 3.63) is 58.4 Å². The molecule has 0 saturated carbocycles. The monoisotopic (exact) mass is 509 g/mol. The van der Waals surface area contributed by atoms with Gasteiger partial charge in [0, 0.05) is 18.4 Å². The third-order valence-electron chi connectivity index (χ3n) is 5.39. The summed E-state index contributed by atoms with van der Waals surface area (Å²) >= 11 is 1.13. The van der Waals surface area contributed by atoms with Gasteiger partial charge in [-0.15, -0.1) is 0 Å². The minimum Gasteiger partial charge on any atom is -0.465 e. The summed E-state index contributed by atoms with van der Waals surface area (Å²) in [6.07, 6.45) is 0.260. The SMILES string of the molecule is CCOC(=O)Cn1c(=NC(=O)c2cccc(N3C(=O)CCC3=O)c2)sc2cc(C(=O)OCC)ccc21. The van der Waals surface area contributed by atoms with Crippen molar-refractivity contribution in [1.29, 1.82) is 0 Å². The van der Waals surface area contributed by atoms with Crippen LogP contribution in [-0.4, -0.2) is 47.4 Å². The van der Waals surface area contributed by atoms with Gasteiger partial charge in [-0.1, -0.05) is 17.4 Å². The van der Waals surface area contributed by atoms with Gasteiger partial charge in [0.2, 0.25) is 11.8 Å². The van der Waals surface area contributed by atoms with Crippen molar-refractivity contribution in [2.45, 2.75) is 33.2 Å². The maximum atomic E-state index is 13.1. The summed E-state index contributed by atoms with van der Waals surface area (Å²) in [5.41, 5.74) is 1.40. The van der Waals surface area contributed by atoms with E-state index in [0.29, 0.717) is 21.5 Å². The molecule has 1 aromatic heterocycles. The van der Waals surface area contributed by atoms with Crippen LogP contribution in [0.4, 0.5) is 5.69 Å². The summed E-state index contributed by atoms with van der Waals surface area (Å²) < 4.78 is 12.3. The Morgan fingerprint density at radius 1 is 0.944 bits per heavy atom. The molecule has 0 aliphatic carbocycles. The molecule has 0 atom stereocenters. The fourth-order valence-corrected chi connectivity index (χ4v) is 4.85. The predicted octanol–water partition coefficient (Wildman–Crippen LogP) is 2.84. The van der Waals surface area contributed by atoms with E-state index in [9.17, 15) is 24.0 Å². The number of thiazole rings is 1. The second-order valence-electron chi connectivity index (χ2n) is 7.77. The van der Waals surface area contributed by atoms with Gasteiger partial charge in [-0.3, -0.25) is 24.1 Å². The molecule has 1 saturated heterocycles. The van der Waals surface area contributed by atoms with Crippen LogP contribution in [0.3, 0.4) is 0 Å². The number of hydrogen-bond donors (Lipinski definition) is 0. The van der Waals surface area contributed by atoms with E-state index < -0.39 is 17.8 Å². The van der Waals surface area contributed by atoms with Gasteiger partial charge in [0.1, 0.15) is 6.54 Å². The first-order valence-electron chi connectivity index (χ1n) is 11.3. The van der Waals surface area contributed by atoms with Crippen molar-refractivity contribution in [3.63, 3.8) is 0 Å². The zero-order valence-electron chi connectivity index (χ0n) is 19.7. The largest absolute Gasteiger partial charge is 0.465 e. The molecule has 0 bridgehead atoms. The highest BCUT2D eigenvalue weighted by Gasteiger charge is 2.30. The number of anilines is 1. The van der Waals surface area contributed by atoms with E-state index in [2.05, 4.69) is 4.99 Å². The minimum absolute atomic E-state index is 0.130. The summed E-state index contributed by atoms with van der Waals surface area (Å²) in [7, 11) is 0. The highest BCUT2D eigenvalue weighted by Crippen LogP contribution is 2.24. The second kappa shape index (κ2) is 10.6. The average Bonchev–Trinajstić information content (AvgIpc) is 3.37. The number of hydrogen-bond acceptors (Lipinski definition) is 8. The molecule has 0 unspecified atom stereocenters. The molecule has 4 rings (SSSR count). The van der Waals surface area contributed by atoms with Gasteiger partial charge in [0.05, 0.1) is 34.7 Å².